The fourth-order valence-corrected chi connectivity index (χ4v) is 4.48. The van der Waals surface area contributed by atoms with Crippen molar-refractivity contribution in [3.63, 3.8) is 0 Å². The van der Waals surface area contributed by atoms with Crippen LogP contribution in [0.25, 0.3) is 0 Å². The van der Waals surface area contributed by atoms with E-state index in [9.17, 15) is 13.2 Å². The fourth-order valence-electron chi connectivity index (χ4n) is 3.43. The third kappa shape index (κ3) is 3.78. The van der Waals surface area contributed by atoms with Crippen LogP contribution in [-0.4, -0.2) is 20.4 Å². The van der Waals surface area contributed by atoms with Crippen LogP contribution in [0.15, 0.2) is 53.4 Å². The Bertz CT molecular complexity index is 971. The van der Waals surface area contributed by atoms with Crippen molar-refractivity contribution >= 4 is 21.6 Å². The molecule has 0 spiro atoms. The van der Waals surface area contributed by atoms with E-state index in [-0.39, 0.29) is 10.8 Å². The molecule has 148 valence electrons. The summed E-state index contributed by atoms with van der Waals surface area (Å²) in [6.45, 7) is 4.14. The Morgan fingerprint density at radius 1 is 1.00 bits per heavy atom. The van der Waals surface area contributed by atoms with Crippen molar-refractivity contribution in [3.8, 4) is 0 Å². The summed E-state index contributed by atoms with van der Waals surface area (Å²) in [6.07, 6.45) is 3.83. The minimum absolute atomic E-state index is 0.105. The Labute approximate surface area is 166 Å². The van der Waals surface area contributed by atoms with Crippen molar-refractivity contribution in [1.29, 1.82) is 0 Å². The van der Waals surface area contributed by atoms with Crippen molar-refractivity contribution in [2.75, 3.05) is 4.72 Å². The first kappa shape index (κ1) is 19.0. The molecule has 4 rings (SSSR count). The number of carbonyl (C=O) groups excluding carboxylic acids is 1. The first-order chi connectivity index (χ1) is 13.3. The van der Waals surface area contributed by atoms with E-state index in [1.807, 2.05) is 24.3 Å². The highest BCUT2D eigenvalue weighted by Crippen LogP contribution is 2.49. The molecule has 0 bridgehead atoms. The zero-order valence-corrected chi connectivity index (χ0v) is 17.1. The molecule has 0 saturated heterocycles. The molecule has 2 aromatic rings. The van der Waals surface area contributed by atoms with Gasteiger partial charge < -0.3 is 5.32 Å². The third-order valence-electron chi connectivity index (χ3n) is 5.64. The van der Waals surface area contributed by atoms with Gasteiger partial charge in [-0.25, -0.2) is 8.42 Å². The average Bonchev–Trinajstić information content (AvgIpc) is 3.57. The predicted octanol–water partition coefficient (Wildman–Crippen LogP) is 3.92. The second kappa shape index (κ2) is 6.92. The number of anilines is 1. The van der Waals surface area contributed by atoms with E-state index in [2.05, 4.69) is 23.9 Å². The number of nitrogens with one attached hydrogen (secondary N) is 2. The van der Waals surface area contributed by atoms with Crippen molar-refractivity contribution in [2.45, 2.75) is 61.8 Å². The second-order valence-electron chi connectivity index (χ2n) is 8.24. The molecule has 1 amide bonds. The minimum Gasteiger partial charge on any atom is -0.353 e. The highest BCUT2D eigenvalue weighted by Gasteiger charge is 2.52. The largest absolute Gasteiger partial charge is 0.353 e. The minimum atomic E-state index is -3.64. The molecule has 0 radical (unpaired) electrons. The first-order valence-electron chi connectivity index (χ1n) is 9.84. The third-order valence-corrected chi connectivity index (χ3v) is 7.04. The second-order valence-corrected chi connectivity index (χ2v) is 9.92. The summed E-state index contributed by atoms with van der Waals surface area (Å²) in [6, 6.07) is 14.5. The number of sulfonamides is 1. The zero-order valence-electron chi connectivity index (χ0n) is 16.2. The van der Waals surface area contributed by atoms with Crippen molar-refractivity contribution in [3.05, 3.63) is 59.7 Å². The molecule has 2 aliphatic carbocycles. The summed E-state index contributed by atoms with van der Waals surface area (Å²) in [5.41, 5.74) is 2.12. The Kier molecular flexibility index (Phi) is 4.70. The summed E-state index contributed by atoms with van der Waals surface area (Å²) in [5, 5.41) is 3.09. The van der Waals surface area contributed by atoms with Crippen LogP contribution in [0.4, 0.5) is 5.69 Å². The van der Waals surface area contributed by atoms with E-state index >= 15 is 0 Å². The van der Waals surface area contributed by atoms with Crippen LogP contribution in [0.3, 0.4) is 0 Å². The lowest BCUT2D eigenvalue weighted by Gasteiger charge is -2.16. The van der Waals surface area contributed by atoms with Crippen LogP contribution in [0.2, 0.25) is 0 Å². The van der Waals surface area contributed by atoms with Crippen LogP contribution in [-0.2, 0) is 20.2 Å². The molecular formula is C22H26N2O3S. The lowest BCUT2D eigenvalue weighted by atomic mass is 9.95. The smallest absolute Gasteiger partial charge is 0.261 e. The highest BCUT2D eigenvalue weighted by molar-refractivity contribution is 7.92. The summed E-state index contributed by atoms with van der Waals surface area (Å²) in [4.78, 5) is 12.8. The summed E-state index contributed by atoms with van der Waals surface area (Å²) >= 11 is 0. The molecule has 5 nitrogen and oxygen atoms in total. The highest BCUT2D eigenvalue weighted by atomic mass is 32.2. The monoisotopic (exact) mass is 398 g/mol. The molecule has 0 aromatic heterocycles. The van der Waals surface area contributed by atoms with E-state index < -0.39 is 15.4 Å². The summed E-state index contributed by atoms with van der Waals surface area (Å²) in [7, 11) is -3.64. The van der Waals surface area contributed by atoms with Gasteiger partial charge in [0.15, 0.2) is 0 Å². The molecule has 28 heavy (non-hydrogen) atoms. The predicted molar refractivity (Wildman–Crippen MR) is 110 cm³/mol. The van der Waals surface area contributed by atoms with Crippen molar-refractivity contribution in [1.82, 2.24) is 5.32 Å². The maximum absolute atomic E-state index is 12.6. The Balaban J connectivity index is 1.47. The zero-order chi connectivity index (χ0) is 19.9. The number of amides is 1. The summed E-state index contributed by atoms with van der Waals surface area (Å²) in [5.74, 6) is 0.456. The van der Waals surface area contributed by atoms with Gasteiger partial charge in [0.2, 0.25) is 5.91 Å². The number of carbonyl (C=O) groups is 1. The van der Waals surface area contributed by atoms with E-state index in [1.54, 1.807) is 24.3 Å². The van der Waals surface area contributed by atoms with E-state index in [0.29, 0.717) is 17.6 Å². The molecule has 0 atom stereocenters. The SMILES string of the molecule is CC(C)c1ccc(S(=O)(=O)Nc2ccc(C3(C(=O)NC4CC4)CC3)cc2)cc1. The molecule has 2 N–H and O–H groups in total. The van der Waals surface area contributed by atoms with Crippen LogP contribution in [0.5, 0.6) is 0 Å². The Morgan fingerprint density at radius 2 is 1.61 bits per heavy atom. The van der Waals surface area contributed by atoms with Gasteiger partial charge >= 0.3 is 0 Å². The van der Waals surface area contributed by atoms with Gasteiger partial charge in [-0.2, -0.15) is 0 Å². The number of rotatable bonds is 7. The quantitative estimate of drug-likeness (QED) is 0.742. The van der Waals surface area contributed by atoms with E-state index in [1.165, 1.54) is 0 Å². The lowest BCUT2D eigenvalue weighted by Crippen LogP contribution is -2.36. The molecular weight excluding hydrogens is 372 g/mol. The molecule has 0 unspecified atom stereocenters. The molecule has 2 fully saturated rings. The normalized spacial score (nSPS) is 18.0. The van der Waals surface area contributed by atoms with Crippen molar-refractivity contribution < 1.29 is 13.2 Å². The maximum atomic E-state index is 12.6. The van der Waals surface area contributed by atoms with Gasteiger partial charge in [0, 0.05) is 11.7 Å². The summed E-state index contributed by atoms with van der Waals surface area (Å²) < 4.78 is 27.9. The fraction of sp³-hybridized carbons (Fsp3) is 0.409. The maximum Gasteiger partial charge on any atom is 0.261 e. The van der Waals surface area contributed by atoms with Crippen LogP contribution >= 0.6 is 0 Å². The van der Waals surface area contributed by atoms with Gasteiger partial charge in [0.05, 0.1) is 10.3 Å². The van der Waals surface area contributed by atoms with Crippen LogP contribution in [0.1, 0.15) is 56.6 Å². The van der Waals surface area contributed by atoms with Crippen LogP contribution < -0.4 is 10.0 Å². The van der Waals surface area contributed by atoms with Gasteiger partial charge in [-0.15, -0.1) is 0 Å². The van der Waals surface area contributed by atoms with E-state index in [0.717, 1.165) is 36.8 Å². The standard InChI is InChI=1S/C22H26N2O3S/c1-15(2)16-3-11-20(12-4-16)28(26,27)24-19-7-5-17(6-8-19)22(13-14-22)21(25)23-18-9-10-18/h3-8,11-12,15,18,24H,9-10,13-14H2,1-2H3,(H,23,25). The topological polar surface area (TPSA) is 75.3 Å². The lowest BCUT2D eigenvalue weighted by molar-refractivity contribution is -0.123. The molecule has 6 heteroatoms. The number of benzene rings is 2. The number of hydrogen-bond donors (Lipinski definition) is 2. The van der Waals surface area contributed by atoms with Gasteiger partial charge in [0.1, 0.15) is 0 Å². The van der Waals surface area contributed by atoms with Gasteiger partial charge in [-0.05, 0) is 67.0 Å². The van der Waals surface area contributed by atoms with Gasteiger partial charge in [-0.3, -0.25) is 9.52 Å². The molecule has 0 heterocycles. The average molecular weight is 399 g/mol. The van der Waals surface area contributed by atoms with Gasteiger partial charge in [-0.1, -0.05) is 38.1 Å². The van der Waals surface area contributed by atoms with Crippen LogP contribution in [0, 0.1) is 0 Å². The molecule has 2 aliphatic rings. The van der Waals surface area contributed by atoms with Gasteiger partial charge in [0.25, 0.3) is 10.0 Å². The molecule has 2 aromatic carbocycles. The van der Waals surface area contributed by atoms with E-state index in [4.69, 9.17) is 0 Å². The van der Waals surface area contributed by atoms with Crippen molar-refractivity contribution in [2.24, 2.45) is 0 Å². The first-order valence-corrected chi connectivity index (χ1v) is 11.3. The molecule has 0 aliphatic heterocycles. The Hall–Kier alpha value is -2.34. The number of hydrogen-bond acceptors (Lipinski definition) is 3. The molecule has 2 saturated carbocycles. The Morgan fingerprint density at radius 3 is 2.11 bits per heavy atom.